The summed E-state index contributed by atoms with van der Waals surface area (Å²) in [6.07, 6.45) is 4.43. The number of hydrogen-bond acceptors (Lipinski definition) is 5. The molecule has 2 heterocycles. The van der Waals surface area contributed by atoms with Gasteiger partial charge >= 0.3 is 6.03 Å². The van der Waals surface area contributed by atoms with Gasteiger partial charge in [-0.3, -0.25) is 15.2 Å². The maximum atomic E-state index is 12.3. The van der Waals surface area contributed by atoms with Crippen LogP contribution in [0.4, 0.5) is 16.4 Å². The van der Waals surface area contributed by atoms with Crippen LogP contribution in [-0.2, 0) is 4.79 Å². The average Bonchev–Trinajstić information content (AvgIpc) is 3.28. The van der Waals surface area contributed by atoms with Crippen LogP contribution < -0.4 is 16.0 Å². The van der Waals surface area contributed by atoms with Crippen molar-refractivity contribution in [2.75, 3.05) is 10.6 Å². The molecule has 1 unspecified atom stereocenters. The first kappa shape index (κ1) is 17.7. The Morgan fingerprint density at radius 1 is 1.21 bits per heavy atom. The molecule has 3 aromatic rings. The number of benzene rings is 1. The van der Waals surface area contributed by atoms with E-state index in [1.165, 1.54) is 0 Å². The highest BCUT2D eigenvalue weighted by Gasteiger charge is 2.15. The Bertz CT molecular complexity index is 1060. The summed E-state index contributed by atoms with van der Waals surface area (Å²) in [6, 6.07) is 11.0. The Morgan fingerprint density at radius 3 is 2.79 bits per heavy atom. The van der Waals surface area contributed by atoms with Crippen molar-refractivity contribution in [2.45, 2.75) is 25.8 Å². The van der Waals surface area contributed by atoms with Gasteiger partial charge in [-0.25, -0.2) is 9.78 Å². The maximum Gasteiger partial charge on any atom is 0.320 e. The number of nitrogens with zero attached hydrogens (tertiary/aromatic N) is 2. The number of allylic oxidation sites excluding steroid dienone is 2. The van der Waals surface area contributed by atoms with E-state index in [2.05, 4.69) is 31.1 Å². The highest BCUT2D eigenvalue weighted by Crippen LogP contribution is 2.25. The number of fused-ring (bicyclic) bond motifs is 1. The minimum absolute atomic E-state index is 0.114. The molecule has 0 bridgehead atoms. The molecule has 0 fully saturated rings. The number of urea groups is 1. The van der Waals surface area contributed by atoms with Crippen molar-refractivity contribution in [3.05, 3.63) is 59.9 Å². The summed E-state index contributed by atoms with van der Waals surface area (Å²) in [5, 5.41) is 16.7. The fourth-order valence-electron chi connectivity index (χ4n) is 3.10. The molecule has 0 saturated carbocycles. The van der Waals surface area contributed by atoms with E-state index < -0.39 is 0 Å². The van der Waals surface area contributed by atoms with E-state index in [4.69, 9.17) is 0 Å². The lowest BCUT2D eigenvalue weighted by Gasteiger charge is -2.14. The summed E-state index contributed by atoms with van der Waals surface area (Å²) in [4.78, 5) is 27.9. The second kappa shape index (κ2) is 7.51. The van der Waals surface area contributed by atoms with Gasteiger partial charge in [0.2, 0.25) is 0 Å². The zero-order chi connectivity index (χ0) is 19.5. The highest BCUT2D eigenvalue weighted by molar-refractivity contribution is 5.96. The van der Waals surface area contributed by atoms with E-state index in [0.29, 0.717) is 24.5 Å². The number of H-pyrrole nitrogens is 1. The predicted molar refractivity (Wildman–Crippen MR) is 107 cm³/mol. The molecule has 8 heteroatoms. The van der Waals surface area contributed by atoms with Gasteiger partial charge in [-0.05, 0) is 18.9 Å². The van der Waals surface area contributed by atoms with Crippen LogP contribution in [0.15, 0.2) is 54.4 Å². The van der Waals surface area contributed by atoms with Gasteiger partial charge < -0.3 is 10.6 Å². The Hall–Kier alpha value is -3.68. The molecule has 142 valence electrons. The van der Waals surface area contributed by atoms with Gasteiger partial charge in [0.1, 0.15) is 5.82 Å². The standard InChI is InChI=1S/C20H20N6O2/c1-12(13-5-3-2-4-6-13)22-20(28)24-18-10-17-16(11-21-18)19(26-25-17)23-14-7-8-15(27)9-14/h2-6,9-12H,7-8H2,1H3,(H2,23,25,26)(H2,21,22,24,28). The third kappa shape index (κ3) is 3.85. The normalized spacial score (nSPS) is 14.6. The number of carbonyl (C=O) groups excluding carboxylic acids is 2. The second-order valence-electron chi connectivity index (χ2n) is 6.68. The molecule has 1 aliphatic rings. The van der Waals surface area contributed by atoms with E-state index in [-0.39, 0.29) is 17.9 Å². The zero-order valence-electron chi connectivity index (χ0n) is 15.3. The lowest BCUT2D eigenvalue weighted by atomic mass is 10.1. The van der Waals surface area contributed by atoms with E-state index in [0.717, 1.165) is 22.2 Å². The summed E-state index contributed by atoms with van der Waals surface area (Å²) in [5.74, 6) is 1.13. The Morgan fingerprint density at radius 2 is 2.04 bits per heavy atom. The van der Waals surface area contributed by atoms with Gasteiger partial charge in [-0.1, -0.05) is 30.3 Å². The van der Waals surface area contributed by atoms with E-state index in [1.807, 2.05) is 37.3 Å². The fourth-order valence-corrected chi connectivity index (χ4v) is 3.10. The minimum Gasteiger partial charge on any atom is -0.342 e. The summed E-state index contributed by atoms with van der Waals surface area (Å²) in [6.45, 7) is 1.92. The summed E-state index contributed by atoms with van der Waals surface area (Å²) in [5.41, 5.74) is 2.59. The van der Waals surface area contributed by atoms with Crippen LogP contribution in [0.1, 0.15) is 31.4 Å². The molecule has 1 aliphatic carbocycles. The van der Waals surface area contributed by atoms with Crippen LogP contribution >= 0.6 is 0 Å². The Balaban J connectivity index is 1.43. The number of rotatable bonds is 5. The van der Waals surface area contributed by atoms with Crippen molar-refractivity contribution in [1.82, 2.24) is 20.5 Å². The first-order chi connectivity index (χ1) is 13.6. The number of ketones is 1. The number of carbonyl (C=O) groups is 2. The van der Waals surface area contributed by atoms with Crippen LogP contribution in [0.5, 0.6) is 0 Å². The maximum absolute atomic E-state index is 12.3. The van der Waals surface area contributed by atoms with Gasteiger partial charge in [-0.2, -0.15) is 5.10 Å². The van der Waals surface area contributed by atoms with Crippen molar-refractivity contribution in [3.8, 4) is 0 Å². The average molecular weight is 376 g/mol. The third-order valence-corrected chi connectivity index (χ3v) is 4.59. The topological polar surface area (TPSA) is 112 Å². The molecule has 2 aromatic heterocycles. The lowest BCUT2D eigenvalue weighted by Crippen LogP contribution is -2.31. The molecule has 2 amide bonds. The predicted octanol–water partition coefficient (Wildman–Crippen LogP) is 3.50. The third-order valence-electron chi connectivity index (χ3n) is 4.59. The zero-order valence-corrected chi connectivity index (χ0v) is 15.3. The Kier molecular flexibility index (Phi) is 4.76. The van der Waals surface area contributed by atoms with Crippen molar-refractivity contribution in [2.24, 2.45) is 0 Å². The number of aromatic nitrogens is 3. The lowest BCUT2D eigenvalue weighted by molar-refractivity contribution is -0.114. The molecular weight excluding hydrogens is 356 g/mol. The molecule has 4 N–H and O–H groups in total. The second-order valence-corrected chi connectivity index (χ2v) is 6.68. The number of aromatic amines is 1. The number of anilines is 2. The molecular formula is C20H20N6O2. The molecule has 4 rings (SSSR count). The Labute approximate surface area is 161 Å². The fraction of sp³-hybridized carbons (Fsp3) is 0.200. The van der Waals surface area contributed by atoms with Gasteiger partial charge in [-0.15, -0.1) is 0 Å². The summed E-state index contributed by atoms with van der Waals surface area (Å²) in [7, 11) is 0. The molecule has 0 spiro atoms. The molecule has 0 radical (unpaired) electrons. The van der Waals surface area contributed by atoms with Crippen LogP contribution in [-0.4, -0.2) is 27.0 Å². The van der Waals surface area contributed by atoms with Gasteiger partial charge in [0, 0.05) is 30.5 Å². The van der Waals surface area contributed by atoms with Gasteiger partial charge in [0.25, 0.3) is 0 Å². The van der Waals surface area contributed by atoms with E-state index in [9.17, 15) is 9.59 Å². The SMILES string of the molecule is CC(NC(=O)Nc1cc2[nH]nc(NC3=CC(=O)CC3)c2cn1)c1ccccc1. The van der Waals surface area contributed by atoms with Crippen LogP contribution in [0, 0.1) is 0 Å². The number of hydrogen-bond donors (Lipinski definition) is 4. The summed E-state index contributed by atoms with van der Waals surface area (Å²) >= 11 is 0. The molecule has 1 atom stereocenters. The van der Waals surface area contributed by atoms with E-state index in [1.54, 1.807) is 18.3 Å². The van der Waals surface area contributed by atoms with Crippen molar-refractivity contribution < 1.29 is 9.59 Å². The summed E-state index contributed by atoms with van der Waals surface area (Å²) < 4.78 is 0. The molecule has 0 saturated heterocycles. The molecule has 0 aliphatic heterocycles. The first-order valence-electron chi connectivity index (χ1n) is 9.05. The molecule has 8 nitrogen and oxygen atoms in total. The number of amides is 2. The monoisotopic (exact) mass is 376 g/mol. The minimum atomic E-state index is -0.337. The number of pyridine rings is 1. The quantitative estimate of drug-likeness (QED) is 0.544. The highest BCUT2D eigenvalue weighted by atomic mass is 16.2. The van der Waals surface area contributed by atoms with Crippen molar-refractivity contribution >= 4 is 34.4 Å². The van der Waals surface area contributed by atoms with Gasteiger partial charge in [0.05, 0.1) is 16.9 Å². The number of nitrogens with one attached hydrogen (secondary N) is 4. The van der Waals surface area contributed by atoms with Crippen LogP contribution in [0.25, 0.3) is 10.9 Å². The van der Waals surface area contributed by atoms with Gasteiger partial charge in [0.15, 0.2) is 11.6 Å². The molecule has 28 heavy (non-hydrogen) atoms. The first-order valence-corrected chi connectivity index (χ1v) is 9.05. The van der Waals surface area contributed by atoms with E-state index >= 15 is 0 Å². The largest absolute Gasteiger partial charge is 0.342 e. The van der Waals surface area contributed by atoms with Crippen LogP contribution in [0.3, 0.4) is 0 Å². The smallest absolute Gasteiger partial charge is 0.320 e. The van der Waals surface area contributed by atoms with Crippen molar-refractivity contribution in [3.63, 3.8) is 0 Å². The van der Waals surface area contributed by atoms with Crippen LogP contribution in [0.2, 0.25) is 0 Å². The van der Waals surface area contributed by atoms with Crippen molar-refractivity contribution in [1.29, 1.82) is 0 Å². The molecule has 1 aromatic carbocycles.